The molecule has 164 valence electrons. The van der Waals surface area contributed by atoms with Gasteiger partial charge in [0.25, 0.3) is 5.91 Å². The summed E-state index contributed by atoms with van der Waals surface area (Å²) in [6.07, 6.45) is 2.55. The first kappa shape index (κ1) is 21.6. The predicted octanol–water partition coefficient (Wildman–Crippen LogP) is 3.61. The number of hydrogen-bond acceptors (Lipinski definition) is 5. The van der Waals surface area contributed by atoms with Gasteiger partial charge in [-0.2, -0.15) is 0 Å². The average molecular weight is 429 g/mol. The molecule has 0 radical (unpaired) electrons. The van der Waals surface area contributed by atoms with Crippen LogP contribution in [0.4, 0.5) is 11.5 Å². The summed E-state index contributed by atoms with van der Waals surface area (Å²) < 4.78 is 0. The van der Waals surface area contributed by atoms with Gasteiger partial charge in [0.1, 0.15) is 5.82 Å². The highest BCUT2D eigenvalue weighted by Gasteiger charge is 2.23. The Bertz CT molecular complexity index is 1060. The molecule has 0 aliphatic carbocycles. The Labute approximate surface area is 188 Å². The van der Waals surface area contributed by atoms with Crippen molar-refractivity contribution in [3.63, 3.8) is 0 Å². The van der Waals surface area contributed by atoms with Crippen LogP contribution in [0.3, 0.4) is 0 Å². The van der Waals surface area contributed by atoms with E-state index in [1.54, 1.807) is 18.3 Å². The molecule has 1 fully saturated rings. The van der Waals surface area contributed by atoms with E-state index in [1.165, 1.54) is 11.3 Å². The van der Waals surface area contributed by atoms with Crippen LogP contribution in [0.15, 0.2) is 72.9 Å². The molecular formula is C26H28N4O2. The molecule has 1 aliphatic rings. The third kappa shape index (κ3) is 5.32. The Morgan fingerprint density at radius 1 is 0.875 bits per heavy atom. The lowest BCUT2D eigenvalue weighted by atomic mass is 10.1. The normalized spacial score (nSPS) is 13.7. The Kier molecular flexibility index (Phi) is 6.80. The van der Waals surface area contributed by atoms with E-state index in [9.17, 15) is 9.59 Å². The molecule has 1 aliphatic heterocycles. The quantitative estimate of drug-likeness (QED) is 0.650. The van der Waals surface area contributed by atoms with Crippen molar-refractivity contribution in [1.82, 2.24) is 10.3 Å². The van der Waals surface area contributed by atoms with Gasteiger partial charge in [0, 0.05) is 44.5 Å². The highest BCUT2D eigenvalue weighted by Crippen LogP contribution is 2.22. The molecule has 3 aromatic rings. The number of hydrogen-bond donors (Lipinski definition) is 1. The Balaban J connectivity index is 1.36. The standard InChI is InChI=1S/C26H28N4O2/c1-20-9-12-22(13-10-20)29-16-18-30(19-17-29)25-23(8-5-15-27-25)26(32)28-24(31)14-11-21-6-3-2-4-7-21/h2-10,12-13,15H,11,14,16-19H2,1H3,(H,28,31,32). The number of amides is 2. The van der Waals surface area contributed by atoms with Crippen LogP contribution in [0.2, 0.25) is 0 Å². The molecule has 1 aromatic heterocycles. The molecule has 0 atom stereocenters. The lowest BCUT2D eigenvalue weighted by molar-refractivity contribution is -0.120. The van der Waals surface area contributed by atoms with E-state index >= 15 is 0 Å². The van der Waals surface area contributed by atoms with Gasteiger partial charge in [-0.25, -0.2) is 4.98 Å². The van der Waals surface area contributed by atoms with Crippen LogP contribution in [0, 0.1) is 6.92 Å². The Morgan fingerprint density at radius 3 is 2.28 bits per heavy atom. The SMILES string of the molecule is Cc1ccc(N2CCN(c3ncccc3C(=O)NC(=O)CCc3ccccc3)CC2)cc1. The summed E-state index contributed by atoms with van der Waals surface area (Å²) in [4.78, 5) is 34.1. The van der Waals surface area contributed by atoms with Gasteiger partial charge in [0.2, 0.25) is 5.91 Å². The zero-order valence-corrected chi connectivity index (χ0v) is 18.3. The maximum Gasteiger partial charge on any atom is 0.261 e. The second-order valence-corrected chi connectivity index (χ2v) is 8.05. The van der Waals surface area contributed by atoms with Crippen LogP contribution in [0.25, 0.3) is 0 Å². The van der Waals surface area contributed by atoms with Gasteiger partial charge in [0.05, 0.1) is 5.56 Å². The number of nitrogens with one attached hydrogen (secondary N) is 1. The number of carbonyl (C=O) groups excluding carboxylic acids is 2. The lowest BCUT2D eigenvalue weighted by Gasteiger charge is -2.37. The summed E-state index contributed by atoms with van der Waals surface area (Å²) >= 11 is 0. The molecule has 0 bridgehead atoms. The molecule has 0 saturated carbocycles. The van der Waals surface area contributed by atoms with Gasteiger partial charge in [-0.15, -0.1) is 0 Å². The molecule has 32 heavy (non-hydrogen) atoms. The minimum Gasteiger partial charge on any atom is -0.368 e. The number of carbonyl (C=O) groups is 2. The highest BCUT2D eigenvalue weighted by atomic mass is 16.2. The van der Waals surface area contributed by atoms with E-state index in [0.717, 1.165) is 31.7 Å². The Morgan fingerprint density at radius 2 is 1.56 bits per heavy atom. The molecule has 1 N–H and O–H groups in total. The molecule has 6 heteroatoms. The van der Waals surface area contributed by atoms with E-state index in [1.807, 2.05) is 30.3 Å². The summed E-state index contributed by atoms with van der Waals surface area (Å²) in [5.41, 5.74) is 3.96. The number of rotatable bonds is 6. The molecule has 2 amide bonds. The third-order valence-corrected chi connectivity index (χ3v) is 5.75. The number of imide groups is 1. The highest BCUT2D eigenvalue weighted by molar-refractivity contribution is 6.07. The second-order valence-electron chi connectivity index (χ2n) is 8.05. The van der Waals surface area contributed by atoms with Crippen LogP contribution >= 0.6 is 0 Å². The van der Waals surface area contributed by atoms with Crippen molar-refractivity contribution in [2.75, 3.05) is 36.0 Å². The number of pyridine rings is 1. The minimum atomic E-state index is -0.396. The average Bonchev–Trinajstić information content (AvgIpc) is 2.84. The zero-order chi connectivity index (χ0) is 22.3. The number of aromatic nitrogens is 1. The topological polar surface area (TPSA) is 65.5 Å². The van der Waals surface area contributed by atoms with Gasteiger partial charge in [-0.05, 0) is 43.2 Å². The third-order valence-electron chi connectivity index (χ3n) is 5.75. The van der Waals surface area contributed by atoms with Gasteiger partial charge in [-0.3, -0.25) is 14.9 Å². The largest absolute Gasteiger partial charge is 0.368 e. The van der Waals surface area contributed by atoms with Gasteiger partial charge in [0.15, 0.2) is 0 Å². The first-order valence-electron chi connectivity index (χ1n) is 11.0. The number of nitrogens with zero attached hydrogens (tertiary/aromatic N) is 3. The molecular weight excluding hydrogens is 400 g/mol. The number of anilines is 2. The van der Waals surface area contributed by atoms with Crippen LogP contribution < -0.4 is 15.1 Å². The number of benzene rings is 2. The zero-order valence-electron chi connectivity index (χ0n) is 18.3. The van der Waals surface area contributed by atoms with Crippen LogP contribution in [0.5, 0.6) is 0 Å². The van der Waals surface area contributed by atoms with Gasteiger partial charge in [-0.1, -0.05) is 48.0 Å². The van der Waals surface area contributed by atoms with Crippen LogP contribution in [-0.2, 0) is 11.2 Å². The molecule has 6 nitrogen and oxygen atoms in total. The van der Waals surface area contributed by atoms with Crippen molar-refractivity contribution in [3.05, 3.63) is 89.6 Å². The minimum absolute atomic E-state index is 0.264. The molecule has 0 spiro atoms. The summed E-state index contributed by atoms with van der Waals surface area (Å²) in [5, 5.41) is 2.53. The van der Waals surface area contributed by atoms with Crippen molar-refractivity contribution in [3.8, 4) is 0 Å². The first-order chi connectivity index (χ1) is 15.6. The van der Waals surface area contributed by atoms with E-state index in [2.05, 4.69) is 51.3 Å². The fraction of sp³-hybridized carbons (Fsp3) is 0.269. The fourth-order valence-corrected chi connectivity index (χ4v) is 3.92. The monoisotopic (exact) mass is 428 g/mol. The van der Waals surface area contributed by atoms with E-state index < -0.39 is 5.91 Å². The van der Waals surface area contributed by atoms with Gasteiger partial charge < -0.3 is 9.80 Å². The number of aryl methyl sites for hydroxylation is 2. The predicted molar refractivity (Wildman–Crippen MR) is 127 cm³/mol. The van der Waals surface area contributed by atoms with Crippen molar-refractivity contribution in [1.29, 1.82) is 0 Å². The van der Waals surface area contributed by atoms with Crippen molar-refractivity contribution in [2.24, 2.45) is 0 Å². The summed E-state index contributed by atoms with van der Waals surface area (Å²) in [6.45, 7) is 5.29. The maximum atomic E-state index is 12.8. The van der Waals surface area contributed by atoms with Crippen molar-refractivity contribution in [2.45, 2.75) is 19.8 Å². The molecule has 2 aromatic carbocycles. The van der Waals surface area contributed by atoms with E-state index in [4.69, 9.17) is 0 Å². The molecule has 4 rings (SSSR count). The van der Waals surface area contributed by atoms with Crippen LogP contribution in [-0.4, -0.2) is 43.0 Å². The smallest absolute Gasteiger partial charge is 0.261 e. The van der Waals surface area contributed by atoms with Crippen LogP contribution in [0.1, 0.15) is 27.9 Å². The number of piperazine rings is 1. The summed E-state index contributed by atoms with van der Waals surface area (Å²) in [6, 6.07) is 21.8. The molecule has 0 unspecified atom stereocenters. The summed E-state index contributed by atoms with van der Waals surface area (Å²) in [7, 11) is 0. The van der Waals surface area contributed by atoms with Crippen molar-refractivity contribution >= 4 is 23.3 Å². The maximum absolute atomic E-state index is 12.8. The lowest BCUT2D eigenvalue weighted by Crippen LogP contribution is -2.47. The molecule has 2 heterocycles. The fourth-order valence-electron chi connectivity index (χ4n) is 3.92. The second kappa shape index (κ2) is 10.1. The van der Waals surface area contributed by atoms with E-state index in [-0.39, 0.29) is 12.3 Å². The summed E-state index contributed by atoms with van der Waals surface area (Å²) in [5.74, 6) is -0.0469. The van der Waals surface area contributed by atoms with Crippen molar-refractivity contribution < 1.29 is 9.59 Å². The Hall–Kier alpha value is -3.67. The first-order valence-corrected chi connectivity index (χ1v) is 11.0. The van der Waals surface area contributed by atoms with Gasteiger partial charge >= 0.3 is 0 Å². The van der Waals surface area contributed by atoms with E-state index in [0.29, 0.717) is 17.8 Å². The molecule has 1 saturated heterocycles.